The first-order valence-corrected chi connectivity index (χ1v) is 9.74. The summed E-state index contributed by atoms with van der Waals surface area (Å²) in [6.07, 6.45) is 0. The molecule has 1 aromatic heterocycles. The maximum absolute atomic E-state index is 12.4. The number of amides is 1. The van der Waals surface area contributed by atoms with Crippen molar-refractivity contribution in [1.29, 1.82) is 0 Å². The molecule has 4 rings (SSSR count). The Morgan fingerprint density at radius 2 is 1.88 bits per heavy atom. The second-order valence-electron chi connectivity index (χ2n) is 6.04. The van der Waals surface area contributed by atoms with E-state index >= 15 is 0 Å². The zero-order valence-electron chi connectivity index (χ0n) is 14.0. The average molecular weight is 423 g/mol. The summed E-state index contributed by atoms with van der Waals surface area (Å²) in [6, 6.07) is 21.5. The number of hydrogen-bond donors (Lipinski definition) is 1. The number of thiazole rings is 1. The number of aryl methyl sites for hydroxylation is 1. The predicted molar refractivity (Wildman–Crippen MR) is 112 cm³/mol. The van der Waals surface area contributed by atoms with Crippen LogP contribution in [0.2, 0.25) is 0 Å². The van der Waals surface area contributed by atoms with Crippen molar-refractivity contribution in [3.05, 3.63) is 82.3 Å². The fourth-order valence-corrected chi connectivity index (χ4v) is 4.08. The van der Waals surface area contributed by atoms with Crippen LogP contribution in [0, 0.1) is 6.92 Å². The molecule has 0 radical (unpaired) electrons. The van der Waals surface area contributed by atoms with Crippen LogP contribution in [0.3, 0.4) is 0 Å². The molecule has 1 heterocycles. The lowest BCUT2D eigenvalue weighted by Gasteiger charge is -2.05. The number of nitrogens with one attached hydrogen (secondary N) is 1. The minimum atomic E-state index is -0.115. The Bertz CT molecular complexity index is 1120. The van der Waals surface area contributed by atoms with Crippen LogP contribution in [-0.4, -0.2) is 10.9 Å². The fourth-order valence-electron chi connectivity index (χ4n) is 2.74. The summed E-state index contributed by atoms with van der Waals surface area (Å²) in [5.74, 6) is -0.115. The summed E-state index contributed by atoms with van der Waals surface area (Å²) >= 11 is 5.14. The molecule has 0 spiro atoms. The van der Waals surface area contributed by atoms with E-state index in [-0.39, 0.29) is 5.91 Å². The molecule has 1 amide bonds. The molecule has 128 valence electrons. The van der Waals surface area contributed by atoms with Crippen LogP contribution in [0.4, 0.5) is 5.69 Å². The van der Waals surface area contributed by atoms with Crippen molar-refractivity contribution in [1.82, 2.24) is 4.98 Å². The molecule has 0 aliphatic rings. The number of benzene rings is 3. The third-order valence-corrected chi connectivity index (χ3v) is 5.58. The quantitative estimate of drug-likeness (QED) is 0.421. The predicted octanol–water partition coefficient (Wildman–Crippen LogP) is 6.29. The van der Waals surface area contributed by atoms with Crippen LogP contribution < -0.4 is 5.32 Å². The van der Waals surface area contributed by atoms with Crippen molar-refractivity contribution in [2.45, 2.75) is 6.92 Å². The zero-order chi connectivity index (χ0) is 18.1. The molecule has 0 saturated heterocycles. The molecule has 0 fully saturated rings. The highest BCUT2D eigenvalue weighted by molar-refractivity contribution is 9.10. The van der Waals surface area contributed by atoms with Crippen molar-refractivity contribution in [3.63, 3.8) is 0 Å². The molecule has 4 aromatic rings. The van der Waals surface area contributed by atoms with Gasteiger partial charge in [-0.2, -0.15) is 0 Å². The highest BCUT2D eigenvalue weighted by atomic mass is 79.9. The van der Waals surface area contributed by atoms with Gasteiger partial charge in [-0.1, -0.05) is 45.8 Å². The molecule has 0 atom stereocenters. The summed E-state index contributed by atoms with van der Waals surface area (Å²) in [4.78, 5) is 17.2. The number of hydrogen-bond acceptors (Lipinski definition) is 3. The molecule has 1 N–H and O–H groups in total. The largest absolute Gasteiger partial charge is 0.322 e. The Morgan fingerprint density at radius 3 is 2.69 bits per heavy atom. The Hall–Kier alpha value is -2.50. The van der Waals surface area contributed by atoms with Gasteiger partial charge in [-0.15, -0.1) is 11.3 Å². The highest BCUT2D eigenvalue weighted by Gasteiger charge is 2.10. The van der Waals surface area contributed by atoms with Gasteiger partial charge in [0.1, 0.15) is 5.01 Å². The van der Waals surface area contributed by atoms with E-state index in [0.717, 1.165) is 36.5 Å². The Kier molecular flexibility index (Phi) is 4.57. The van der Waals surface area contributed by atoms with Crippen molar-refractivity contribution in [2.24, 2.45) is 0 Å². The van der Waals surface area contributed by atoms with Crippen molar-refractivity contribution in [3.8, 4) is 10.6 Å². The van der Waals surface area contributed by atoms with Gasteiger partial charge in [0.2, 0.25) is 0 Å². The van der Waals surface area contributed by atoms with Crippen LogP contribution in [0.15, 0.2) is 71.2 Å². The zero-order valence-corrected chi connectivity index (χ0v) is 16.4. The first kappa shape index (κ1) is 16.9. The van der Waals surface area contributed by atoms with E-state index in [1.165, 1.54) is 0 Å². The summed E-state index contributed by atoms with van der Waals surface area (Å²) in [7, 11) is 0. The van der Waals surface area contributed by atoms with E-state index < -0.39 is 0 Å². The fraction of sp³-hybridized carbons (Fsp3) is 0.0476. The smallest absolute Gasteiger partial charge is 0.255 e. The van der Waals surface area contributed by atoms with Gasteiger partial charge in [0.05, 0.1) is 10.2 Å². The highest BCUT2D eigenvalue weighted by Crippen LogP contribution is 2.32. The van der Waals surface area contributed by atoms with Crippen LogP contribution in [0.5, 0.6) is 0 Å². The number of rotatable bonds is 3. The number of aromatic nitrogens is 1. The first-order chi connectivity index (χ1) is 12.6. The molecule has 0 aliphatic carbocycles. The van der Waals surface area contributed by atoms with E-state index in [2.05, 4.69) is 27.3 Å². The normalized spacial score (nSPS) is 10.8. The lowest BCUT2D eigenvalue weighted by Crippen LogP contribution is -2.11. The molecule has 0 aliphatic heterocycles. The number of nitrogens with zero attached hydrogens (tertiary/aromatic N) is 1. The molecular weight excluding hydrogens is 408 g/mol. The topological polar surface area (TPSA) is 42.0 Å². The molecular formula is C21H15BrN2OS. The Morgan fingerprint density at radius 1 is 1.04 bits per heavy atom. The third-order valence-electron chi connectivity index (χ3n) is 4.00. The minimum absolute atomic E-state index is 0.115. The summed E-state index contributed by atoms with van der Waals surface area (Å²) in [6.45, 7) is 1.97. The lowest BCUT2D eigenvalue weighted by molar-refractivity contribution is 0.102. The molecule has 0 unspecified atom stereocenters. The minimum Gasteiger partial charge on any atom is -0.322 e. The molecule has 3 aromatic carbocycles. The maximum Gasteiger partial charge on any atom is 0.255 e. The molecule has 3 nitrogen and oxygen atoms in total. The SMILES string of the molecule is Cc1cccc(C(=O)Nc2ccc3sc(-c4cccc(Br)c4)nc3c2)c1. The van der Waals surface area contributed by atoms with E-state index in [9.17, 15) is 4.79 Å². The molecule has 0 saturated carbocycles. The summed E-state index contributed by atoms with van der Waals surface area (Å²) in [5, 5.41) is 3.92. The molecule has 5 heteroatoms. The van der Waals surface area contributed by atoms with Gasteiger partial charge in [-0.05, 0) is 49.4 Å². The monoisotopic (exact) mass is 422 g/mol. The van der Waals surface area contributed by atoms with Gasteiger partial charge in [0, 0.05) is 21.3 Å². The number of carbonyl (C=O) groups is 1. The van der Waals surface area contributed by atoms with Gasteiger partial charge >= 0.3 is 0 Å². The van der Waals surface area contributed by atoms with Crippen LogP contribution in [0.1, 0.15) is 15.9 Å². The number of carbonyl (C=O) groups excluding carboxylic acids is 1. The Labute approximate surface area is 163 Å². The van der Waals surface area contributed by atoms with E-state index in [0.29, 0.717) is 5.56 Å². The number of halogens is 1. The standard InChI is InChI=1S/C21H15BrN2OS/c1-13-4-2-5-14(10-13)20(25)23-17-8-9-19-18(12-17)24-21(26-19)15-6-3-7-16(22)11-15/h2-12H,1H3,(H,23,25). The van der Waals surface area contributed by atoms with Gasteiger partial charge < -0.3 is 5.32 Å². The van der Waals surface area contributed by atoms with Crippen molar-refractivity contribution in [2.75, 3.05) is 5.32 Å². The number of anilines is 1. The van der Waals surface area contributed by atoms with Crippen LogP contribution in [0.25, 0.3) is 20.8 Å². The molecule has 26 heavy (non-hydrogen) atoms. The summed E-state index contributed by atoms with van der Waals surface area (Å²) in [5.41, 5.74) is 4.41. The van der Waals surface area contributed by atoms with E-state index in [1.807, 2.05) is 67.6 Å². The van der Waals surface area contributed by atoms with Gasteiger partial charge in [0.25, 0.3) is 5.91 Å². The van der Waals surface area contributed by atoms with Crippen molar-refractivity contribution < 1.29 is 4.79 Å². The van der Waals surface area contributed by atoms with Crippen LogP contribution >= 0.6 is 27.3 Å². The maximum atomic E-state index is 12.4. The second kappa shape index (κ2) is 7.02. The molecule has 0 bridgehead atoms. The van der Waals surface area contributed by atoms with Gasteiger partial charge in [-0.25, -0.2) is 4.98 Å². The lowest BCUT2D eigenvalue weighted by atomic mass is 10.1. The van der Waals surface area contributed by atoms with Gasteiger partial charge in [0.15, 0.2) is 0 Å². The van der Waals surface area contributed by atoms with Gasteiger partial charge in [-0.3, -0.25) is 4.79 Å². The van der Waals surface area contributed by atoms with E-state index in [4.69, 9.17) is 4.98 Å². The Balaban J connectivity index is 1.62. The second-order valence-corrected chi connectivity index (χ2v) is 7.98. The summed E-state index contributed by atoms with van der Waals surface area (Å²) < 4.78 is 2.12. The average Bonchev–Trinajstić information content (AvgIpc) is 3.05. The van der Waals surface area contributed by atoms with Crippen molar-refractivity contribution >= 4 is 49.1 Å². The van der Waals surface area contributed by atoms with Crippen LogP contribution in [-0.2, 0) is 0 Å². The first-order valence-electron chi connectivity index (χ1n) is 8.13. The third kappa shape index (κ3) is 3.54. The van der Waals surface area contributed by atoms with E-state index in [1.54, 1.807) is 11.3 Å². The number of fused-ring (bicyclic) bond motifs is 1.